The average molecular weight is 195 g/mol. The number of aryl methyl sites for hydroxylation is 1. The van der Waals surface area contributed by atoms with Crippen LogP contribution < -0.4 is 4.72 Å². The van der Waals surface area contributed by atoms with Crippen molar-refractivity contribution < 1.29 is 8.76 Å². The van der Waals surface area contributed by atoms with E-state index in [2.05, 4.69) is 4.72 Å². The zero-order valence-electron chi connectivity index (χ0n) is 6.90. The molecule has 0 aliphatic carbocycles. The highest BCUT2D eigenvalue weighted by molar-refractivity contribution is 7.80. The average Bonchev–Trinajstić information content (AvgIpc) is 2.07. The van der Waals surface area contributed by atoms with E-state index in [1.807, 2.05) is 13.0 Å². The van der Waals surface area contributed by atoms with Gasteiger partial charge in [0.2, 0.25) is 0 Å². The maximum Gasteiger partial charge on any atom is 0.101 e. The summed E-state index contributed by atoms with van der Waals surface area (Å²) in [7, 11) is 0. The molecule has 1 aromatic carbocycles. The van der Waals surface area contributed by atoms with Gasteiger partial charge in [-0.15, -0.1) is 0 Å². The summed E-state index contributed by atoms with van der Waals surface area (Å²) in [4.78, 5) is 0. The van der Waals surface area contributed by atoms with E-state index in [4.69, 9.17) is 5.26 Å². The maximum atomic E-state index is 10.3. The van der Waals surface area contributed by atoms with Crippen LogP contribution in [0.2, 0.25) is 0 Å². The molecule has 5 heteroatoms. The van der Waals surface area contributed by atoms with Crippen LogP contribution in [0.1, 0.15) is 11.1 Å². The monoisotopic (exact) mass is 195 g/mol. The van der Waals surface area contributed by atoms with Gasteiger partial charge in [-0.2, -0.15) is 5.26 Å². The van der Waals surface area contributed by atoms with Crippen molar-refractivity contribution in [2.75, 3.05) is 4.72 Å². The van der Waals surface area contributed by atoms with Crippen LogP contribution >= 0.6 is 0 Å². The Bertz CT molecular complexity index is 384. The summed E-state index contributed by atoms with van der Waals surface area (Å²) in [6, 6.07) is 6.82. The van der Waals surface area contributed by atoms with Crippen LogP contribution in [0.4, 0.5) is 5.69 Å². The summed E-state index contributed by atoms with van der Waals surface area (Å²) in [5.41, 5.74) is 1.55. The molecule has 1 atom stereocenters. The molecule has 1 N–H and O–H groups in total. The van der Waals surface area contributed by atoms with Crippen molar-refractivity contribution in [1.29, 1.82) is 5.26 Å². The van der Waals surface area contributed by atoms with E-state index in [-0.39, 0.29) is 0 Å². The zero-order valence-corrected chi connectivity index (χ0v) is 7.72. The lowest BCUT2D eigenvalue weighted by Crippen LogP contribution is -2.03. The van der Waals surface area contributed by atoms with E-state index in [0.717, 1.165) is 5.56 Å². The predicted octanol–water partition coefficient (Wildman–Crippen LogP) is 1.07. The van der Waals surface area contributed by atoms with Crippen molar-refractivity contribution in [2.45, 2.75) is 6.92 Å². The predicted molar refractivity (Wildman–Crippen MR) is 48.4 cm³/mol. The van der Waals surface area contributed by atoms with Gasteiger partial charge in [0.05, 0.1) is 11.3 Å². The topological polar surface area (TPSA) is 75.9 Å². The Labute approximate surface area is 78.6 Å². The SMILES string of the molecule is Cc1ccc(NS(=O)[O-])c(C#N)c1. The second kappa shape index (κ2) is 4.03. The molecular weight excluding hydrogens is 188 g/mol. The normalized spacial score (nSPS) is 11.8. The highest BCUT2D eigenvalue weighted by atomic mass is 32.2. The number of hydrogen-bond donors (Lipinski definition) is 1. The van der Waals surface area contributed by atoms with Crippen LogP contribution in [0, 0.1) is 18.3 Å². The molecule has 0 radical (unpaired) electrons. The zero-order chi connectivity index (χ0) is 9.84. The van der Waals surface area contributed by atoms with Crippen LogP contribution in [0.25, 0.3) is 0 Å². The summed E-state index contributed by atoms with van der Waals surface area (Å²) in [6.45, 7) is 1.83. The third-order valence-electron chi connectivity index (χ3n) is 1.49. The molecule has 0 heterocycles. The lowest BCUT2D eigenvalue weighted by molar-refractivity contribution is 0.542. The molecule has 1 aromatic rings. The highest BCUT2D eigenvalue weighted by Gasteiger charge is 2.00. The van der Waals surface area contributed by atoms with Gasteiger partial charge in [0.1, 0.15) is 6.07 Å². The molecule has 68 valence electrons. The first-order valence-corrected chi connectivity index (χ1v) is 4.57. The van der Waals surface area contributed by atoms with E-state index in [0.29, 0.717) is 11.3 Å². The van der Waals surface area contributed by atoms with Gasteiger partial charge in [0.25, 0.3) is 0 Å². The molecule has 1 unspecified atom stereocenters. The minimum absolute atomic E-state index is 0.307. The molecule has 0 fully saturated rings. The second-order valence-electron chi connectivity index (χ2n) is 2.50. The van der Waals surface area contributed by atoms with E-state index < -0.39 is 11.3 Å². The van der Waals surface area contributed by atoms with Gasteiger partial charge in [0, 0.05) is 11.3 Å². The quantitative estimate of drug-likeness (QED) is 0.717. The highest BCUT2D eigenvalue weighted by Crippen LogP contribution is 2.16. The van der Waals surface area contributed by atoms with Gasteiger partial charge in [-0.25, -0.2) is 0 Å². The summed E-state index contributed by atoms with van der Waals surface area (Å²) in [6.07, 6.45) is 0. The molecule has 13 heavy (non-hydrogen) atoms. The number of nitriles is 1. The molecule has 0 spiro atoms. The number of hydrogen-bond acceptors (Lipinski definition) is 3. The summed E-state index contributed by atoms with van der Waals surface area (Å²) < 4.78 is 22.7. The third kappa shape index (κ3) is 2.54. The van der Waals surface area contributed by atoms with Crippen molar-refractivity contribution in [2.24, 2.45) is 0 Å². The lowest BCUT2D eigenvalue weighted by atomic mass is 10.1. The smallest absolute Gasteiger partial charge is 0.101 e. The largest absolute Gasteiger partial charge is 0.755 e. The van der Waals surface area contributed by atoms with E-state index in [1.54, 1.807) is 18.2 Å². The Morgan fingerprint density at radius 3 is 2.85 bits per heavy atom. The van der Waals surface area contributed by atoms with Gasteiger partial charge in [-0.3, -0.25) is 4.21 Å². The molecule has 0 aliphatic rings. The Kier molecular flexibility index (Phi) is 3.01. The number of anilines is 1. The second-order valence-corrected chi connectivity index (χ2v) is 3.17. The fraction of sp³-hybridized carbons (Fsp3) is 0.125. The number of nitrogens with zero attached hydrogens (tertiary/aromatic N) is 1. The molecule has 0 bridgehead atoms. The molecule has 0 aliphatic heterocycles. The molecular formula is C8H7N2O2S-. The third-order valence-corrected chi connectivity index (χ3v) is 1.88. The first kappa shape index (κ1) is 9.71. The Balaban J connectivity index is 3.08. The Morgan fingerprint density at radius 1 is 1.62 bits per heavy atom. The summed E-state index contributed by atoms with van der Waals surface area (Å²) in [5.74, 6) is 0. The number of nitrogens with one attached hydrogen (secondary N) is 1. The van der Waals surface area contributed by atoms with Gasteiger partial charge in [-0.05, 0) is 24.6 Å². The Morgan fingerprint density at radius 2 is 2.31 bits per heavy atom. The van der Waals surface area contributed by atoms with E-state index >= 15 is 0 Å². The van der Waals surface area contributed by atoms with Crippen LogP contribution in [-0.4, -0.2) is 8.76 Å². The number of benzene rings is 1. The fourth-order valence-corrected chi connectivity index (χ4v) is 1.29. The fourth-order valence-electron chi connectivity index (χ4n) is 0.929. The van der Waals surface area contributed by atoms with Crippen LogP contribution in [0.15, 0.2) is 18.2 Å². The molecule has 0 saturated heterocycles. The minimum Gasteiger partial charge on any atom is -0.755 e. The Hall–Kier alpha value is -1.38. The van der Waals surface area contributed by atoms with Crippen LogP contribution in [0.5, 0.6) is 0 Å². The van der Waals surface area contributed by atoms with Crippen molar-refractivity contribution >= 4 is 17.0 Å². The van der Waals surface area contributed by atoms with E-state index in [1.165, 1.54) is 0 Å². The molecule has 0 amide bonds. The molecule has 1 rings (SSSR count). The van der Waals surface area contributed by atoms with Gasteiger partial charge >= 0.3 is 0 Å². The number of rotatable bonds is 2. The van der Waals surface area contributed by atoms with Crippen molar-refractivity contribution in [3.63, 3.8) is 0 Å². The summed E-state index contributed by atoms with van der Waals surface area (Å²) in [5, 5.41) is 8.66. The first-order valence-electron chi connectivity index (χ1n) is 3.50. The van der Waals surface area contributed by atoms with Crippen molar-refractivity contribution in [3.8, 4) is 6.07 Å². The van der Waals surface area contributed by atoms with Gasteiger partial charge in [0.15, 0.2) is 0 Å². The summed E-state index contributed by atoms with van der Waals surface area (Å²) >= 11 is -2.39. The van der Waals surface area contributed by atoms with E-state index in [9.17, 15) is 8.76 Å². The molecule has 4 nitrogen and oxygen atoms in total. The first-order chi connectivity index (χ1) is 6.13. The minimum atomic E-state index is -2.39. The standard InChI is InChI=1S/C8H8N2O2S/c1-6-2-3-8(10-13(11)12)7(4-6)5-9/h2-4,10H,1H3,(H,11,12)/p-1. The van der Waals surface area contributed by atoms with Gasteiger partial charge in [-0.1, -0.05) is 6.07 Å². The lowest BCUT2D eigenvalue weighted by Gasteiger charge is -2.09. The van der Waals surface area contributed by atoms with Crippen molar-refractivity contribution in [3.05, 3.63) is 29.3 Å². The maximum absolute atomic E-state index is 10.3. The van der Waals surface area contributed by atoms with Crippen molar-refractivity contribution in [1.82, 2.24) is 0 Å². The molecule has 0 aromatic heterocycles. The van der Waals surface area contributed by atoms with Gasteiger partial charge < -0.3 is 9.27 Å². The van der Waals surface area contributed by atoms with Crippen LogP contribution in [0.3, 0.4) is 0 Å². The molecule has 0 saturated carbocycles. The van der Waals surface area contributed by atoms with Crippen LogP contribution in [-0.2, 0) is 11.3 Å².